The van der Waals surface area contributed by atoms with Crippen LogP contribution < -0.4 is 10.6 Å². The number of hydrogen-bond acceptors (Lipinski definition) is 3. The Labute approximate surface area is 126 Å². The standard InChI is InChI=1S/C17H24N2O2/c1-17(6-9-21-10-7-17)12-19-16(20)14-4-5-15-13(11-14)3-2-8-18-15/h4-5,11,18H,2-3,6-10,12H2,1H3,(H,19,20). The van der Waals surface area contributed by atoms with Crippen molar-refractivity contribution in [3.8, 4) is 0 Å². The average molecular weight is 288 g/mol. The van der Waals surface area contributed by atoms with Gasteiger partial charge in [0.2, 0.25) is 0 Å². The summed E-state index contributed by atoms with van der Waals surface area (Å²) in [5.41, 5.74) is 3.37. The second-order valence-corrected chi connectivity index (χ2v) is 6.51. The van der Waals surface area contributed by atoms with Crippen molar-refractivity contribution in [3.05, 3.63) is 29.3 Å². The number of anilines is 1. The molecule has 1 amide bonds. The summed E-state index contributed by atoms with van der Waals surface area (Å²) in [5, 5.41) is 6.47. The molecule has 0 unspecified atom stereocenters. The molecular formula is C17H24N2O2. The molecule has 2 N–H and O–H groups in total. The number of nitrogens with one attached hydrogen (secondary N) is 2. The van der Waals surface area contributed by atoms with Gasteiger partial charge in [-0.15, -0.1) is 0 Å². The molecule has 2 heterocycles. The maximum absolute atomic E-state index is 12.4. The second kappa shape index (κ2) is 6.06. The highest BCUT2D eigenvalue weighted by atomic mass is 16.5. The van der Waals surface area contributed by atoms with Crippen molar-refractivity contribution >= 4 is 11.6 Å². The lowest BCUT2D eigenvalue weighted by atomic mass is 9.82. The van der Waals surface area contributed by atoms with E-state index in [-0.39, 0.29) is 11.3 Å². The van der Waals surface area contributed by atoms with E-state index < -0.39 is 0 Å². The third kappa shape index (κ3) is 3.38. The summed E-state index contributed by atoms with van der Waals surface area (Å²) < 4.78 is 5.40. The first-order valence-corrected chi connectivity index (χ1v) is 7.89. The quantitative estimate of drug-likeness (QED) is 0.899. The maximum atomic E-state index is 12.4. The summed E-state index contributed by atoms with van der Waals surface area (Å²) in [4.78, 5) is 12.4. The van der Waals surface area contributed by atoms with E-state index in [2.05, 4.69) is 17.6 Å². The highest BCUT2D eigenvalue weighted by Crippen LogP contribution is 2.29. The minimum atomic E-state index is 0.0380. The fraction of sp³-hybridized carbons (Fsp3) is 0.588. The number of aryl methyl sites for hydroxylation is 1. The molecule has 0 radical (unpaired) electrons. The van der Waals surface area contributed by atoms with Crippen molar-refractivity contribution in [1.82, 2.24) is 5.32 Å². The maximum Gasteiger partial charge on any atom is 0.251 e. The van der Waals surface area contributed by atoms with Gasteiger partial charge < -0.3 is 15.4 Å². The smallest absolute Gasteiger partial charge is 0.251 e. The number of carbonyl (C=O) groups excluding carboxylic acids is 1. The zero-order valence-corrected chi connectivity index (χ0v) is 12.7. The molecule has 1 aromatic carbocycles. The lowest BCUT2D eigenvalue weighted by Gasteiger charge is -2.33. The van der Waals surface area contributed by atoms with Crippen LogP contribution in [-0.4, -0.2) is 32.2 Å². The molecule has 1 saturated heterocycles. The van der Waals surface area contributed by atoms with Crippen LogP contribution in [0.3, 0.4) is 0 Å². The minimum absolute atomic E-state index is 0.0380. The van der Waals surface area contributed by atoms with Crippen molar-refractivity contribution in [3.63, 3.8) is 0 Å². The van der Waals surface area contributed by atoms with Crippen LogP contribution in [0.5, 0.6) is 0 Å². The largest absolute Gasteiger partial charge is 0.385 e. The van der Waals surface area contributed by atoms with Gasteiger partial charge in [-0.2, -0.15) is 0 Å². The molecule has 0 bridgehead atoms. The molecule has 0 aromatic heterocycles. The van der Waals surface area contributed by atoms with Crippen LogP contribution in [0.2, 0.25) is 0 Å². The van der Waals surface area contributed by atoms with Crippen LogP contribution >= 0.6 is 0 Å². The van der Waals surface area contributed by atoms with Crippen LogP contribution in [0.4, 0.5) is 5.69 Å². The van der Waals surface area contributed by atoms with E-state index in [1.165, 1.54) is 11.3 Å². The van der Waals surface area contributed by atoms with Crippen molar-refractivity contribution in [1.29, 1.82) is 0 Å². The van der Waals surface area contributed by atoms with Gasteiger partial charge in [0.1, 0.15) is 0 Å². The zero-order valence-electron chi connectivity index (χ0n) is 12.7. The van der Waals surface area contributed by atoms with Crippen LogP contribution in [0.1, 0.15) is 42.1 Å². The number of amides is 1. The van der Waals surface area contributed by atoms with E-state index in [0.717, 1.165) is 57.6 Å². The van der Waals surface area contributed by atoms with Gasteiger partial charge in [0, 0.05) is 37.6 Å². The fourth-order valence-corrected chi connectivity index (χ4v) is 3.05. The molecule has 21 heavy (non-hydrogen) atoms. The lowest BCUT2D eigenvalue weighted by molar-refractivity contribution is 0.0238. The zero-order chi connectivity index (χ0) is 14.7. The monoisotopic (exact) mass is 288 g/mol. The summed E-state index contributed by atoms with van der Waals surface area (Å²) in [6.45, 7) is 5.59. The van der Waals surface area contributed by atoms with Crippen LogP contribution in [0, 0.1) is 5.41 Å². The highest BCUT2D eigenvalue weighted by molar-refractivity contribution is 5.95. The third-order valence-electron chi connectivity index (χ3n) is 4.68. The predicted octanol–water partition coefficient (Wildman–Crippen LogP) is 2.59. The molecule has 0 spiro atoms. The second-order valence-electron chi connectivity index (χ2n) is 6.51. The number of fused-ring (bicyclic) bond motifs is 1. The Hall–Kier alpha value is -1.55. The topological polar surface area (TPSA) is 50.4 Å². The van der Waals surface area contributed by atoms with E-state index >= 15 is 0 Å². The molecule has 0 saturated carbocycles. The van der Waals surface area contributed by atoms with Crippen LogP contribution in [0.15, 0.2) is 18.2 Å². The molecule has 1 aromatic rings. The van der Waals surface area contributed by atoms with Gasteiger partial charge in [0.25, 0.3) is 5.91 Å². The SMILES string of the molecule is CC1(CNC(=O)c2ccc3c(c2)CCCN3)CCOCC1. The van der Waals surface area contributed by atoms with Gasteiger partial charge in [-0.1, -0.05) is 6.92 Å². The molecule has 3 rings (SSSR count). The summed E-state index contributed by atoms with van der Waals surface area (Å²) >= 11 is 0. The first-order valence-electron chi connectivity index (χ1n) is 7.89. The molecule has 2 aliphatic rings. The number of benzene rings is 1. The Balaban J connectivity index is 1.62. The average Bonchev–Trinajstić information content (AvgIpc) is 2.53. The first-order chi connectivity index (χ1) is 10.2. The summed E-state index contributed by atoms with van der Waals surface area (Å²) in [6.07, 6.45) is 4.22. The normalized spacial score (nSPS) is 20.2. The van der Waals surface area contributed by atoms with Crippen molar-refractivity contribution in [2.75, 3.05) is 31.6 Å². The lowest BCUT2D eigenvalue weighted by Crippen LogP contribution is -2.39. The van der Waals surface area contributed by atoms with E-state index in [1.54, 1.807) is 0 Å². The molecule has 4 heteroatoms. The number of carbonyl (C=O) groups is 1. The molecule has 0 aliphatic carbocycles. The number of hydrogen-bond donors (Lipinski definition) is 2. The van der Waals surface area contributed by atoms with Gasteiger partial charge in [-0.25, -0.2) is 0 Å². The van der Waals surface area contributed by atoms with Crippen LogP contribution in [-0.2, 0) is 11.2 Å². The van der Waals surface area contributed by atoms with Gasteiger partial charge in [0.05, 0.1) is 0 Å². The summed E-state index contributed by atoms with van der Waals surface area (Å²) in [7, 11) is 0. The van der Waals surface area contributed by atoms with Crippen molar-refractivity contribution in [2.24, 2.45) is 5.41 Å². The molecule has 2 aliphatic heterocycles. The van der Waals surface area contributed by atoms with Gasteiger partial charge in [-0.3, -0.25) is 4.79 Å². The first kappa shape index (κ1) is 14.4. The highest BCUT2D eigenvalue weighted by Gasteiger charge is 2.27. The third-order valence-corrected chi connectivity index (χ3v) is 4.68. The number of rotatable bonds is 3. The Bertz CT molecular complexity index is 522. The van der Waals surface area contributed by atoms with E-state index in [0.29, 0.717) is 0 Å². The van der Waals surface area contributed by atoms with Crippen molar-refractivity contribution < 1.29 is 9.53 Å². The minimum Gasteiger partial charge on any atom is -0.385 e. The van der Waals surface area contributed by atoms with E-state index in [4.69, 9.17) is 4.74 Å². The van der Waals surface area contributed by atoms with E-state index in [1.807, 2.05) is 18.2 Å². The molecule has 114 valence electrons. The molecule has 4 nitrogen and oxygen atoms in total. The van der Waals surface area contributed by atoms with Crippen molar-refractivity contribution in [2.45, 2.75) is 32.6 Å². The number of ether oxygens (including phenoxy) is 1. The predicted molar refractivity (Wildman–Crippen MR) is 83.7 cm³/mol. The summed E-state index contributed by atoms with van der Waals surface area (Å²) in [5.74, 6) is 0.0380. The summed E-state index contributed by atoms with van der Waals surface area (Å²) in [6, 6.07) is 5.97. The van der Waals surface area contributed by atoms with E-state index in [9.17, 15) is 4.79 Å². The Kier molecular flexibility index (Phi) is 4.15. The fourth-order valence-electron chi connectivity index (χ4n) is 3.05. The Morgan fingerprint density at radius 3 is 3.00 bits per heavy atom. The molecule has 0 atom stereocenters. The van der Waals surface area contributed by atoms with Crippen LogP contribution in [0.25, 0.3) is 0 Å². The molecule has 1 fully saturated rings. The Morgan fingerprint density at radius 1 is 1.38 bits per heavy atom. The Morgan fingerprint density at radius 2 is 2.19 bits per heavy atom. The van der Waals surface area contributed by atoms with Gasteiger partial charge >= 0.3 is 0 Å². The van der Waals surface area contributed by atoms with Gasteiger partial charge in [-0.05, 0) is 54.9 Å². The molecular weight excluding hydrogens is 264 g/mol. The van der Waals surface area contributed by atoms with Gasteiger partial charge in [0.15, 0.2) is 0 Å².